The zero-order valence-corrected chi connectivity index (χ0v) is 21.0. The zero-order valence-electron chi connectivity index (χ0n) is 21.0. The molecule has 3 aromatic carbocycles. The van der Waals surface area contributed by atoms with Gasteiger partial charge >= 0.3 is 0 Å². The van der Waals surface area contributed by atoms with Gasteiger partial charge in [0.2, 0.25) is 11.7 Å². The predicted octanol–water partition coefficient (Wildman–Crippen LogP) is 5.25. The summed E-state index contributed by atoms with van der Waals surface area (Å²) in [6.45, 7) is 1.98. The standard InChI is InChI=1S/C29H26N4O4/c1-18-9-11-19(12-10-18)27(34)23-8-6-5-7-20(23)13-24-21(16-30)17-31-29(33-24)32-22-14-25(35-2)28(37-4)26(15-22)36-3/h5-12,14-15,17H,13H2,1-4H3,(H,31,32,33). The van der Waals surface area contributed by atoms with Crippen molar-refractivity contribution < 1.29 is 19.0 Å². The number of anilines is 2. The first kappa shape index (κ1) is 25.2. The number of hydrogen-bond donors (Lipinski definition) is 1. The highest BCUT2D eigenvalue weighted by atomic mass is 16.5. The Bertz CT molecular complexity index is 1450. The van der Waals surface area contributed by atoms with Crippen LogP contribution in [0.1, 0.15) is 38.3 Å². The van der Waals surface area contributed by atoms with Crippen LogP contribution < -0.4 is 19.5 Å². The Hall–Kier alpha value is -4.90. The van der Waals surface area contributed by atoms with E-state index in [4.69, 9.17) is 14.2 Å². The molecule has 0 spiro atoms. The second-order valence-electron chi connectivity index (χ2n) is 8.23. The summed E-state index contributed by atoms with van der Waals surface area (Å²) in [4.78, 5) is 22.2. The van der Waals surface area contributed by atoms with Crippen molar-refractivity contribution in [3.63, 3.8) is 0 Å². The Labute approximate surface area is 215 Å². The number of carbonyl (C=O) groups is 1. The molecule has 0 saturated heterocycles. The molecule has 0 bridgehead atoms. The first-order valence-corrected chi connectivity index (χ1v) is 11.5. The highest BCUT2D eigenvalue weighted by molar-refractivity contribution is 6.10. The Balaban J connectivity index is 1.67. The summed E-state index contributed by atoms with van der Waals surface area (Å²) in [5.41, 5.74) is 4.45. The highest BCUT2D eigenvalue weighted by Crippen LogP contribution is 2.40. The quantitative estimate of drug-likeness (QED) is 0.315. The van der Waals surface area contributed by atoms with Gasteiger partial charge in [-0.25, -0.2) is 9.97 Å². The molecule has 4 rings (SSSR count). The van der Waals surface area contributed by atoms with Crippen LogP contribution in [0.15, 0.2) is 66.9 Å². The van der Waals surface area contributed by atoms with Crippen LogP contribution in [0.5, 0.6) is 17.2 Å². The van der Waals surface area contributed by atoms with Crippen LogP contribution in [0.4, 0.5) is 11.6 Å². The van der Waals surface area contributed by atoms with Gasteiger partial charge < -0.3 is 19.5 Å². The fourth-order valence-electron chi connectivity index (χ4n) is 3.92. The molecule has 0 unspecified atom stereocenters. The Morgan fingerprint density at radius 2 is 1.65 bits per heavy atom. The molecule has 0 amide bonds. The van der Waals surface area contributed by atoms with Gasteiger partial charge in [-0.2, -0.15) is 5.26 Å². The largest absolute Gasteiger partial charge is 0.493 e. The number of nitriles is 1. The van der Waals surface area contributed by atoms with Gasteiger partial charge in [0.25, 0.3) is 0 Å². The molecular weight excluding hydrogens is 468 g/mol. The van der Waals surface area contributed by atoms with E-state index in [1.54, 1.807) is 18.2 Å². The lowest BCUT2D eigenvalue weighted by atomic mass is 9.94. The van der Waals surface area contributed by atoms with Crippen LogP contribution in [-0.4, -0.2) is 37.1 Å². The molecule has 1 heterocycles. The summed E-state index contributed by atoms with van der Waals surface area (Å²) in [5.74, 6) is 1.61. The van der Waals surface area contributed by atoms with Crippen LogP contribution in [0.3, 0.4) is 0 Å². The molecule has 4 aromatic rings. The average Bonchev–Trinajstić information content (AvgIpc) is 2.93. The van der Waals surface area contributed by atoms with Gasteiger partial charge in [-0.3, -0.25) is 4.79 Å². The minimum Gasteiger partial charge on any atom is -0.493 e. The van der Waals surface area contributed by atoms with Crippen molar-refractivity contribution in [3.05, 3.63) is 100 Å². The molecule has 0 radical (unpaired) electrons. The third-order valence-electron chi connectivity index (χ3n) is 5.84. The SMILES string of the molecule is COc1cc(Nc2ncc(C#N)c(Cc3ccccc3C(=O)c3ccc(C)cc3)n2)cc(OC)c1OC. The van der Waals surface area contributed by atoms with Crippen molar-refractivity contribution in [2.45, 2.75) is 13.3 Å². The number of nitrogens with one attached hydrogen (secondary N) is 1. The third-order valence-corrected chi connectivity index (χ3v) is 5.84. The molecule has 8 heteroatoms. The number of rotatable bonds is 9. The maximum atomic E-state index is 13.3. The summed E-state index contributed by atoms with van der Waals surface area (Å²) in [5, 5.41) is 12.8. The lowest BCUT2D eigenvalue weighted by molar-refractivity contribution is 0.103. The van der Waals surface area contributed by atoms with Crippen LogP contribution in [0.25, 0.3) is 0 Å². The number of ether oxygens (including phenoxy) is 3. The van der Waals surface area contributed by atoms with Crippen LogP contribution in [0, 0.1) is 18.3 Å². The van der Waals surface area contributed by atoms with E-state index in [-0.39, 0.29) is 18.2 Å². The molecule has 0 aliphatic heterocycles. The van der Waals surface area contributed by atoms with Crippen molar-refractivity contribution >= 4 is 17.4 Å². The molecule has 0 aliphatic rings. The zero-order chi connectivity index (χ0) is 26.4. The highest BCUT2D eigenvalue weighted by Gasteiger charge is 2.17. The summed E-state index contributed by atoms with van der Waals surface area (Å²) < 4.78 is 16.2. The number of aromatic nitrogens is 2. The van der Waals surface area contributed by atoms with Gasteiger partial charge in [-0.15, -0.1) is 0 Å². The topological polar surface area (TPSA) is 106 Å². The van der Waals surface area contributed by atoms with E-state index in [2.05, 4.69) is 21.4 Å². The molecule has 37 heavy (non-hydrogen) atoms. The van der Waals surface area contributed by atoms with Gasteiger partial charge in [-0.05, 0) is 12.5 Å². The third kappa shape index (κ3) is 5.52. The number of benzene rings is 3. The Morgan fingerprint density at radius 1 is 0.973 bits per heavy atom. The van der Waals surface area contributed by atoms with E-state index in [9.17, 15) is 10.1 Å². The van der Waals surface area contributed by atoms with Gasteiger partial charge in [-0.1, -0.05) is 54.1 Å². The summed E-state index contributed by atoms with van der Waals surface area (Å²) in [7, 11) is 4.60. The Kier molecular flexibility index (Phi) is 7.65. The van der Waals surface area contributed by atoms with Gasteiger partial charge in [0.1, 0.15) is 6.07 Å². The van der Waals surface area contributed by atoms with Crippen LogP contribution >= 0.6 is 0 Å². The fourth-order valence-corrected chi connectivity index (χ4v) is 3.92. The predicted molar refractivity (Wildman–Crippen MR) is 140 cm³/mol. The molecule has 186 valence electrons. The first-order valence-electron chi connectivity index (χ1n) is 11.5. The molecule has 0 aliphatic carbocycles. The number of hydrogen-bond acceptors (Lipinski definition) is 8. The lowest BCUT2D eigenvalue weighted by Gasteiger charge is -2.15. The van der Waals surface area contributed by atoms with E-state index in [1.807, 2.05) is 49.4 Å². The maximum Gasteiger partial charge on any atom is 0.227 e. The van der Waals surface area contributed by atoms with Crippen molar-refractivity contribution in [1.82, 2.24) is 9.97 Å². The van der Waals surface area contributed by atoms with Crippen molar-refractivity contribution in [3.8, 4) is 23.3 Å². The molecule has 1 N–H and O–H groups in total. The van der Waals surface area contributed by atoms with Crippen LogP contribution in [-0.2, 0) is 6.42 Å². The summed E-state index contributed by atoms with van der Waals surface area (Å²) in [6.07, 6.45) is 1.75. The number of nitrogens with zero attached hydrogens (tertiary/aromatic N) is 3. The second kappa shape index (κ2) is 11.2. The van der Waals surface area contributed by atoms with Crippen molar-refractivity contribution in [2.75, 3.05) is 26.6 Å². The monoisotopic (exact) mass is 494 g/mol. The van der Waals surface area contributed by atoms with Gasteiger partial charge in [0.05, 0.1) is 38.8 Å². The van der Waals surface area contributed by atoms with Crippen molar-refractivity contribution in [1.29, 1.82) is 5.26 Å². The minimum absolute atomic E-state index is 0.0843. The first-order chi connectivity index (χ1) is 18.0. The Morgan fingerprint density at radius 3 is 2.27 bits per heavy atom. The van der Waals surface area contributed by atoms with E-state index in [0.717, 1.165) is 11.1 Å². The molecule has 0 atom stereocenters. The summed E-state index contributed by atoms with van der Waals surface area (Å²) >= 11 is 0. The van der Waals surface area contributed by atoms with Gasteiger partial charge in [0.15, 0.2) is 17.3 Å². The van der Waals surface area contributed by atoms with E-state index < -0.39 is 0 Å². The van der Waals surface area contributed by atoms with Crippen LogP contribution in [0.2, 0.25) is 0 Å². The molecule has 0 fully saturated rings. The number of aryl methyl sites for hydroxylation is 1. The number of carbonyl (C=O) groups excluding carboxylic acids is 1. The van der Waals surface area contributed by atoms with E-state index in [1.165, 1.54) is 27.5 Å². The smallest absolute Gasteiger partial charge is 0.227 e. The van der Waals surface area contributed by atoms with Gasteiger partial charge in [0, 0.05) is 35.4 Å². The second-order valence-corrected chi connectivity index (χ2v) is 8.23. The average molecular weight is 495 g/mol. The summed E-state index contributed by atoms with van der Waals surface area (Å²) in [6, 6.07) is 20.4. The maximum absolute atomic E-state index is 13.3. The molecule has 0 saturated carbocycles. The number of ketones is 1. The normalized spacial score (nSPS) is 10.4. The lowest BCUT2D eigenvalue weighted by Crippen LogP contribution is -2.09. The van der Waals surface area contributed by atoms with E-state index >= 15 is 0 Å². The fraction of sp³-hybridized carbons (Fsp3) is 0.172. The molecular formula is C29H26N4O4. The van der Waals surface area contributed by atoms with E-state index in [0.29, 0.717) is 45.3 Å². The number of methoxy groups -OCH3 is 3. The van der Waals surface area contributed by atoms with Crippen molar-refractivity contribution in [2.24, 2.45) is 0 Å². The minimum atomic E-state index is -0.0843. The molecule has 1 aromatic heterocycles. The molecule has 8 nitrogen and oxygen atoms in total.